The summed E-state index contributed by atoms with van der Waals surface area (Å²) < 4.78 is 0. The van der Waals surface area contributed by atoms with Crippen molar-refractivity contribution >= 4 is 11.8 Å². The van der Waals surface area contributed by atoms with Gasteiger partial charge in [0.05, 0.1) is 0 Å². The van der Waals surface area contributed by atoms with Crippen LogP contribution in [-0.4, -0.2) is 23.9 Å². The van der Waals surface area contributed by atoms with Crippen molar-refractivity contribution in [1.82, 2.24) is 10.6 Å². The number of amides is 2. The SMILES string of the molecule is CCC(C)NC(=O)c1ccc(C(=O)NC2CC2)cc1. The first kappa shape index (κ1) is 13.6. The Balaban J connectivity index is 1.96. The third-order valence-electron chi connectivity index (χ3n) is 3.31. The van der Waals surface area contributed by atoms with Crippen LogP contribution < -0.4 is 10.6 Å². The molecule has 2 amide bonds. The molecule has 2 N–H and O–H groups in total. The first-order valence-electron chi connectivity index (χ1n) is 6.82. The highest BCUT2D eigenvalue weighted by Gasteiger charge is 2.23. The van der Waals surface area contributed by atoms with Crippen LogP contribution in [0.1, 0.15) is 53.8 Å². The second-order valence-electron chi connectivity index (χ2n) is 5.11. The van der Waals surface area contributed by atoms with E-state index in [1.165, 1.54) is 0 Å². The average molecular weight is 260 g/mol. The molecule has 19 heavy (non-hydrogen) atoms. The van der Waals surface area contributed by atoms with Crippen molar-refractivity contribution in [2.75, 3.05) is 0 Å². The number of carbonyl (C=O) groups is 2. The van der Waals surface area contributed by atoms with E-state index >= 15 is 0 Å². The fourth-order valence-electron chi connectivity index (χ4n) is 1.68. The van der Waals surface area contributed by atoms with Crippen LogP contribution >= 0.6 is 0 Å². The van der Waals surface area contributed by atoms with Crippen molar-refractivity contribution in [3.63, 3.8) is 0 Å². The zero-order valence-corrected chi connectivity index (χ0v) is 11.4. The molecule has 1 aromatic carbocycles. The molecule has 1 fully saturated rings. The summed E-state index contributed by atoms with van der Waals surface area (Å²) in [5.74, 6) is -0.153. The van der Waals surface area contributed by atoms with Crippen LogP contribution in [0.3, 0.4) is 0 Å². The van der Waals surface area contributed by atoms with Crippen LogP contribution in [-0.2, 0) is 0 Å². The van der Waals surface area contributed by atoms with E-state index in [0.717, 1.165) is 19.3 Å². The maximum absolute atomic E-state index is 11.9. The van der Waals surface area contributed by atoms with Gasteiger partial charge in [-0.25, -0.2) is 0 Å². The predicted molar refractivity (Wildman–Crippen MR) is 74.1 cm³/mol. The lowest BCUT2D eigenvalue weighted by molar-refractivity contribution is 0.0931. The highest BCUT2D eigenvalue weighted by molar-refractivity contribution is 5.98. The molecule has 0 spiro atoms. The fraction of sp³-hybridized carbons (Fsp3) is 0.467. The zero-order chi connectivity index (χ0) is 13.8. The van der Waals surface area contributed by atoms with Crippen LogP contribution in [0.25, 0.3) is 0 Å². The highest BCUT2D eigenvalue weighted by Crippen LogP contribution is 2.19. The molecule has 0 heterocycles. The molecule has 2 rings (SSSR count). The lowest BCUT2D eigenvalue weighted by atomic mass is 10.1. The van der Waals surface area contributed by atoms with E-state index in [9.17, 15) is 9.59 Å². The third-order valence-corrected chi connectivity index (χ3v) is 3.31. The van der Waals surface area contributed by atoms with E-state index in [1.54, 1.807) is 24.3 Å². The van der Waals surface area contributed by atoms with Gasteiger partial charge in [-0.2, -0.15) is 0 Å². The Kier molecular flexibility index (Phi) is 4.20. The van der Waals surface area contributed by atoms with Crippen molar-refractivity contribution in [3.8, 4) is 0 Å². The Morgan fingerprint density at radius 2 is 1.68 bits per heavy atom. The Bertz CT molecular complexity index is 464. The fourth-order valence-corrected chi connectivity index (χ4v) is 1.68. The van der Waals surface area contributed by atoms with Crippen molar-refractivity contribution in [2.24, 2.45) is 0 Å². The molecule has 0 bridgehead atoms. The quantitative estimate of drug-likeness (QED) is 0.852. The summed E-state index contributed by atoms with van der Waals surface area (Å²) in [4.78, 5) is 23.7. The molecule has 0 radical (unpaired) electrons. The monoisotopic (exact) mass is 260 g/mol. The number of hydrogen-bond acceptors (Lipinski definition) is 2. The largest absolute Gasteiger partial charge is 0.350 e. The molecule has 0 aliphatic heterocycles. The van der Waals surface area contributed by atoms with Crippen LogP contribution in [0.5, 0.6) is 0 Å². The molecular weight excluding hydrogens is 240 g/mol. The molecule has 1 aromatic rings. The molecule has 4 heteroatoms. The number of nitrogens with one attached hydrogen (secondary N) is 2. The van der Waals surface area contributed by atoms with Gasteiger partial charge in [-0.3, -0.25) is 9.59 Å². The summed E-state index contributed by atoms with van der Waals surface area (Å²) >= 11 is 0. The van der Waals surface area contributed by atoms with Gasteiger partial charge in [0, 0.05) is 23.2 Å². The second-order valence-corrected chi connectivity index (χ2v) is 5.11. The summed E-state index contributed by atoms with van der Waals surface area (Å²) in [6.07, 6.45) is 3.04. The third kappa shape index (κ3) is 3.81. The van der Waals surface area contributed by atoms with Gasteiger partial charge in [-0.1, -0.05) is 6.92 Å². The van der Waals surface area contributed by atoms with E-state index < -0.39 is 0 Å². The van der Waals surface area contributed by atoms with Crippen molar-refractivity contribution in [2.45, 2.75) is 45.2 Å². The number of rotatable bonds is 5. The number of carbonyl (C=O) groups excluding carboxylic acids is 2. The number of benzene rings is 1. The Hall–Kier alpha value is -1.84. The summed E-state index contributed by atoms with van der Waals surface area (Å²) in [5, 5.41) is 5.82. The Labute approximate surface area is 113 Å². The van der Waals surface area contributed by atoms with Crippen LogP contribution in [0.4, 0.5) is 0 Å². The molecule has 102 valence electrons. The maximum atomic E-state index is 11.9. The minimum atomic E-state index is -0.0940. The van der Waals surface area contributed by atoms with Crippen LogP contribution in [0.2, 0.25) is 0 Å². The average Bonchev–Trinajstić information content (AvgIpc) is 3.22. The lowest BCUT2D eigenvalue weighted by Crippen LogP contribution is -2.32. The van der Waals surface area contributed by atoms with Gasteiger partial charge in [0.15, 0.2) is 0 Å². The van der Waals surface area contributed by atoms with Gasteiger partial charge in [-0.15, -0.1) is 0 Å². The van der Waals surface area contributed by atoms with Crippen molar-refractivity contribution in [3.05, 3.63) is 35.4 Å². The highest BCUT2D eigenvalue weighted by atomic mass is 16.2. The normalized spacial score (nSPS) is 15.7. The molecule has 4 nitrogen and oxygen atoms in total. The molecule has 1 unspecified atom stereocenters. The minimum absolute atomic E-state index is 0.0589. The van der Waals surface area contributed by atoms with Crippen LogP contribution in [0.15, 0.2) is 24.3 Å². The standard InChI is InChI=1S/C15H20N2O2/c1-3-10(2)16-14(18)11-4-6-12(7-5-11)15(19)17-13-8-9-13/h4-7,10,13H,3,8-9H2,1-2H3,(H,16,18)(H,17,19). The van der Waals surface area contributed by atoms with Crippen molar-refractivity contribution < 1.29 is 9.59 Å². The van der Waals surface area contributed by atoms with Gasteiger partial charge in [-0.05, 0) is 50.5 Å². The van der Waals surface area contributed by atoms with Gasteiger partial charge in [0.25, 0.3) is 11.8 Å². The van der Waals surface area contributed by atoms with Crippen molar-refractivity contribution in [1.29, 1.82) is 0 Å². The smallest absolute Gasteiger partial charge is 0.251 e. The minimum Gasteiger partial charge on any atom is -0.350 e. The first-order chi connectivity index (χ1) is 9.10. The Morgan fingerprint density at radius 1 is 1.16 bits per heavy atom. The van der Waals surface area contributed by atoms with E-state index in [-0.39, 0.29) is 17.9 Å². The second kappa shape index (κ2) is 5.87. The Morgan fingerprint density at radius 3 is 2.16 bits per heavy atom. The van der Waals surface area contributed by atoms with Gasteiger partial charge in [0.2, 0.25) is 0 Å². The predicted octanol–water partition coefficient (Wildman–Crippen LogP) is 2.11. The zero-order valence-electron chi connectivity index (χ0n) is 11.4. The van der Waals surface area contributed by atoms with Gasteiger partial charge >= 0.3 is 0 Å². The van der Waals surface area contributed by atoms with E-state index in [2.05, 4.69) is 10.6 Å². The molecule has 1 aliphatic carbocycles. The van der Waals surface area contributed by atoms with Crippen LogP contribution in [0, 0.1) is 0 Å². The maximum Gasteiger partial charge on any atom is 0.251 e. The molecule has 1 saturated carbocycles. The van der Waals surface area contributed by atoms with E-state index in [1.807, 2.05) is 13.8 Å². The van der Waals surface area contributed by atoms with E-state index in [4.69, 9.17) is 0 Å². The summed E-state index contributed by atoms with van der Waals surface area (Å²) in [7, 11) is 0. The van der Waals surface area contributed by atoms with E-state index in [0.29, 0.717) is 17.2 Å². The van der Waals surface area contributed by atoms with Gasteiger partial charge < -0.3 is 10.6 Å². The molecule has 0 aromatic heterocycles. The molecule has 1 aliphatic rings. The summed E-state index contributed by atoms with van der Waals surface area (Å²) in [6.45, 7) is 3.99. The number of hydrogen-bond donors (Lipinski definition) is 2. The topological polar surface area (TPSA) is 58.2 Å². The lowest BCUT2D eigenvalue weighted by Gasteiger charge is -2.11. The van der Waals surface area contributed by atoms with Gasteiger partial charge in [0.1, 0.15) is 0 Å². The molecule has 1 atom stereocenters. The summed E-state index contributed by atoms with van der Waals surface area (Å²) in [5.41, 5.74) is 1.19. The summed E-state index contributed by atoms with van der Waals surface area (Å²) in [6, 6.07) is 7.29. The first-order valence-corrected chi connectivity index (χ1v) is 6.82. The molecular formula is C15H20N2O2. The molecule has 0 saturated heterocycles.